The van der Waals surface area contributed by atoms with E-state index in [2.05, 4.69) is 16.0 Å². The van der Waals surface area contributed by atoms with E-state index in [1.165, 1.54) is 19.3 Å². The quantitative estimate of drug-likeness (QED) is 0.613. The van der Waals surface area contributed by atoms with Crippen molar-refractivity contribution in [2.24, 2.45) is 11.8 Å². The van der Waals surface area contributed by atoms with Crippen LogP contribution in [0, 0.1) is 11.8 Å². The number of benzene rings is 1. The zero-order chi connectivity index (χ0) is 20.8. The second-order valence-corrected chi connectivity index (χ2v) is 8.80. The Kier molecular flexibility index (Phi) is 4.91. The summed E-state index contributed by atoms with van der Waals surface area (Å²) in [5.74, 6) is -0.329. The first-order valence-corrected chi connectivity index (χ1v) is 10.8. The molecule has 3 aliphatic heterocycles. The fourth-order valence-corrected chi connectivity index (χ4v) is 5.12. The number of rotatable bonds is 5. The van der Waals surface area contributed by atoms with Crippen LogP contribution in [0.25, 0.3) is 0 Å². The molecular formula is C22H26N4O4. The Hall–Kier alpha value is -2.58. The van der Waals surface area contributed by atoms with E-state index in [1.54, 1.807) is 12.1 Å². The summed E-state index contributed by atoms with van der Waals surface area (Å²) in [6.07, 6.45) is 3.99. The van der Waals surface area contributed by atoms with Crippen molar-refractivity contribution in [1.82, 2.24) is 20.9 Å². The van der Waals surface area contributed by atoms with Gasteiger partial charge >= 0.3 is 0 Å². The molecule has 0 bridgehead atoms. The lowest BCUT2D eigenvalue weighted by Gasteiger charge is -2.27. The fraction of sp³-hybridized carbons (Fsp3) is 0.545. The SMILES string of the molecule is O=C1CCC(N2C(=O)c3ccc(CN[C@@H]4C[C@H]4C4CCNCC4)cc3C2=O)C(=O)N1. The number of amides is 4. The summed E-state index contributed by atoms with van der Waals surface area (Å²) in [7, 11) is 0. The normalized spacial score (nSPS) is 29.2. The van der Waals surface area contributed by atoms with Gasteiger partial charge in [-0.25, -0.2) is 0 Å². The minimum absolute atomic E-state index is 0.124. The van der Waals surface area contributed by atoms with Gasteiger partial charge in [0.05, 0.1) is 11.1 Å². The summed E-state index contributed by atoms with van der Waals surface area (Å²) in [5.41, 5.74) is 1.62. The van der Waals surface area contributed by atoms with Crippen LogP contribution in [0.4, 0.5) is 0 Å². The van der Waals surface area contributed by atoms with Crippen molar-refractivity contribution >= 4 is 23.6 Å². The Morgan fingerprint density at radius 3 is 2.53 bits per heavy atom. The maximum atomic E-state index is 12.9. The average molecular weight is 410 g/mol. The first-order valence-electron chi connectivity index (χ1n) is 10.8. The molecule has 8 nitrogen and oxygen atoms in total. The molecule has 1 aromatic carbocycles. The van der Waals surface area contributed by atoms with Crippen LogP contribution in [0.3, 0.4) is 0 Å². The fourth-order valence-electron chi connectivity index (χ4n) is 5.12. The lowest BCUT2D eigenvalue weighted by Crippen LogP contribution is -2.54. The number of nitrogens with one attached hydrogen (secondary N) is 3. The van der Waals surface area contributed by atoms with Crippen molar-refractivity contribution in [3.63, 3.8) is 0 Å². The number of nitrogens with zero attached hydrogens (tertiary/aromatic N) is 1. The van der Waals surface area contributed by atoms with Crippen molar-refractivity contribution in [2.45, 2.75) is 50.7 Å². The molecule has 0 radical (unpaired) electrons. The molecule has 2 saturated heterocycles. The molecule has 1 aromatic rings. The average Bonchev–Trinajstić information content (AvgIpc) is 3.49. The Bertz CT molecular complexity index is 924. The van der Waals surface area contributed by atoms with Crippen molar-refractivity contribution in [2.75, 3.05) is 13.1 Å². The lowest BCUT2D eigenvalue weighted by molar-refractivity contribution is -0.136. The van der Waals surface area contributed by atoms with Crippen LogP contribution in [0.15, 0.2) is 18.2 Å². The lowest BCUT2D eigenvalue weighted by atomic mass is 9.93. The Morgan fingerprint density at radius 1 is 1.00 bits per heavy atom. The maximum Gasteiger partial charge on any atom is 0.262 e. The van der Waals surface area contributed by atoms with Crippen LogP contribution in [-0.4, -0.2) is 53.7 Å². The van der Waals surface area contributed by atoms with Crippen molar-refractivity contribution in [1.29, 1.82) is 0 Å². The molecule has 5 rings (SSSR count). The standard InChI is InChI=1S/C22H26N4O4/c27-19-4-3-18(20(28)25-19)26-21(29)14-2-1-12(9-16(14)22(26)30)11-24-17-10-15(17)13-5-7-23-8-6-13/h1-2,9,13,15,17-18,23-24H,3-8,10-11H2,(H,25,27,28)/t15-,17+,18?/m0/s1. The van der Waals surface area contributed by atoms with Gasteiger partial charge in [-0.15, -0.1) is 0 Å². The van der Waals surface area contributed by atoms with Gasteiger partial charge in [0, 0.05) is 19.0 Å². The van der Waals surface area contributed by atoms with Gasteiger partial charge in [0.2, 0.25) is 11.8 Å². The Morgan fingerprint density at radius 2 is 1.77 bits per heavy atom. The number of carbonyl (C=O) groups excluding carboxylic acids is 4. The van der Waals surface area contributed by atoms with Gasteiger partial charge in [0.1, 0.15) is 6.04 Å². The number of carbonyl (C=O) groups is 4. The van der Waals surface area contributed by atoms with E-state index in [9.17, 15) is 19.2 Å². The van der Waals surface area contributed by atoms with E-state index in [4.69, 9.17) is 0 Å². The van der Waals surface area contributed by atoms with Crippen LogP contribution in [0.2, 0.25) is 0 Å². The first-order chi connectivity index (χ1) is 14.5. The van der Waals surface area contributed by atoms with Gasteiger partial charge < -0.3 is 10.6 Å². The molecule has 1 aliphatic carbocycles. The van der Waals surface area contributed by atoms with Gasteiger partial charge in [-0.1, -0.05) is 6.07 Å². The van der Waals surface area contributed by atoms with Crippen molar-refractivity contribution in [3.05, 3.63) is 34.9 Å². The topological polar surface area (TPSA) is 108 Å². The van der Waals surface area contributed by atoms with Crippen LogP contribution in [0.1, 0.15) is 58.4 Å². The molecule has 1 saturated carbocycles. The van der Waals surface area contributed by atoms with E-state index in [-0.39, 0.29) is 18.7 Å². The third-order valence-electron chi connectivity index (χ3n) is 6.90. The molecule has 0 spiro atoms. The molecule has 4 aliphatic rings. The maximum absolute atomic E-state index is 12.9. The second-order valence-electron chi connectivity index (χ2n) is 8.80. The molecule has 30 heavy (non-hydrogen) atoms. The molecule has 4 amide bonds. The highest BCUT2D eigenvalue weighted by molar-refractivity contribution is 6.23. The molecule has 3 heterocycles. The van der Waals surface area contributed by atoms with Gasteiger partial charge in [-0.2, -0.15) is 0 Å². The van der Waals surface area contributed by atoms with Gasteiger partial charge in [-0.05, 0) is 68.3 Å². The summed E-state index contributed by atoms with van der Waals surface area (Å²) in [4.78, 5) is 50.2. The van der Waals surface area contributed by atoms with Crippen molar-refractivity contribution in [3.8, 4) is 0 Å². The van der Waals surface area contributed by atoms with Gasteiger partial charge in [0.25, 0.3) is 11.8 Å². The molecule has 3 atom stereocenters. The van der Waals surface area contributed by atoms with Crippen LogP contribution >= 0.6 is 0 Å². The number of imide groups is 2. The molecular weight excluding hydrogens is 384 g/mol. The molecule has 3 fully saturated rings. The summed E-state index contributed by atoms with van der Waals surface area (Å²) in [6, 6.07) is 4.91. The predicted octanol–water partition coefficient (Wildman–Crippen LogP) is 0.566. The van der Waals surface area contributed by atoms with E-state index >= 15 is 0 Å². The second kappa shape index (κ2) is 7.59. The van der Waals surface area contributed by atoms with Crippen LogP contribution in [0.5, 0.6) is 0 Å². The van der Waals surface area contributed by atoms with E-state index in [0.717, 1.165) is 35.4 Å². The summed E-state index contributed by atoms with van der Waals surface area (Å²) >= 11 is 0. The van der Waals surface area contributed by atoms with Gasteiger partial charge in [-0.3, -0.25) is 29.4 Å². The highest BCUT2D eigenvalue weighted by Gasteiger charge is 2.45. The van der Waals surface area contributed by atoms with Crippen LogP contribution in [-0.2, 0) is 16.1 Å². The zero-order valence-corrected chi connectivity index (χ0v) is 16.8. The predicted molar refractivity (Wildman–Crippen MR) is 107 cm³/mol. The summed E-state index contributed by atoms with van der Waals surface area (Å²) < 4.78 is 0. The van der Waals surface area contributed by atoms with E-state index in [0.29, 0.717) is 23.7 Å². The minimum Gasteiger partial charge on any atom is -0.317 e. The van der Waals surface area contributed by atoms with Crippen molar-refractivity contribution < 1.29 is 19.2 Å². The van der Waals surface area contributed by atoms with E-state index < -0.39 is 23.8 Å². The Balaban J connectivity index is 1.24. The highest BCUT2D eigenvalue weighted by atomic mass is 16.2. The number of fused-ring (bicyclic) bond motifs is 1. The molecule has 8 heteroatoms. The zero-order valence-electron chi connectivity index (χ0n) is 16.8. The minimum atomic E-state index is -0.922. The highest BCUT2D eigenvalue weighted by Crippen LogP contribution is 2.41. The molecule has 158 valence electrons. The molecule has 1 unspecified atom stereocenters. The molecule has 3 N–H and O–H groups in total. The largest absolute Gasteiger partial charge is 0.317 e. The number of hydrogen-bond donors (Lipinski definition) is 3. The van der Waals surface area contributed by atoms with E-state index in [1.807, 2.05) is 6.07 Å². The summed E-state index contributed by atoms with van der Waals surface area (Å²) in [6.45, 7) is 2.87. The number of piperidine rings is 2. The first kappa shape index (κ1) is 19.4. The molecule has 0 aromatic heterocycles. The summed E-state index contributed by atoms with van der Waals surface area (Å²) in [5, 5.41) is 9.22. The van der Waals surface area contributed by atoms with Gasteiger partial charge in [0.15, 0.2) is 0 Å². The monoisotopic (exact) mass is 410 g/mol. The third-order valence-corrected chi connectivity index (χ3v) is 6.90. The number of hydrogen-bond acceptors (Lipinski definition) is 6. The Labute approximate surface area is 174 Å². The third kappa shape index (κ3) is 3.44. The van der Waals surface area contributed by atoms with Crippen LogP contribution < -0.4 is 16.0 Å². The smallest absolute Gasteiger partial charge is 0.262 e.